The second-order valence-electron chi connectivity index (χ2n) is 15.4. The molecule has 4 aromatic heterocycles. The Hall–Kier alpha value is -8.52. The van der Waals surface area contributed by atoms with E-state index in [1.54, 1.807) is 24.3 Å². The number of nitrogens with zero attached hydrogens (tertiary/aromatic N) is 11. The first-order valence-corrected chi connectivity index (χ1v) is 21.8. The first-order valence-electron chi connectivity index (χ1n) is 21.8. The highest BCUT2D eigenvalue weighted by Gasteiger charge is 2.29. The second kappa shape index (κ2) is 26.0. The van der Waals surface area contributed by atoms with E-state index in [0.29, 0.717) is 32.1 Å². The number of rotatable bonds is 26. The zero-order chi connectivity index (χ0) is 49.7. The summed E-state index contributed by atoms with van der Waals surface area (Å²) in [4.78, 5) is 123. The van der Waals surface area contributed by atoms with Crippen LogP contribution in [0.3, 0.4) is 0 Å². The Balaban J connectivity index is 1.21. The lowest BCUT2D eigenvalue weighted by atomic mass is 10.1. The number of imidazole rings is 2. The Morgan fingerprint density at radius 2 is 1.36 bits per heavy atom. The third-order valence-corrected chi connectivity index (χ3v) is 10.3. The number of nitrogen functional groups attached to an aromatic ring is 2. The highest BCUT2D eigenvalue weighted by molar-refractivity contribution is 6.01. The quantitative estimate of drug-likeness (QED) is 0.0147. The van der Waals surface area contributed by atoms with Crippen molar-refractivity contribution >= 4 is 81.5 Å². The van der Waals surface area contributed by atoms with Crippen molar-refractivity contribution in [2.75, 3.05) is 57.8 Å². The number of fused-ring (bicyclic) bond motifs is 2. The van der Waals surface area contributed by atoms with E-state index in [9.17, 15) is 33.6 Å². The summed E-state index contributed by atoms with van der Waals surface area (Å²) >= 11 is 0. The number of ether oxygens (including phenoxy) is 2. The van der Waals surface area contributed by atoms with E-state index in [-0.39, 0.29) is 98.0 Å². The van der Waals surface area contributed by atoms with Crippen LogP contribution < -0.4 is 38.9 Å². The number of carbonyl (C=O) groups excluding carboxylic acids is 7. The Labute approximate surface area is 394 Å². The van der Waals surface area contributed by atoms with E-state index >= 15 is 0 Å². The van der Waals surface area contributed by atoms with E-state index < -0.39 is 61.4 Å². The van der Waals surface area contributed by atoms with Gasteiger partial charge in [-0.25, -0.2) is 39.5 Å². The molecule has 1 atom stereocenters. The van der Waals surface area contributed by atoms with Crippen LogP contribution in [0.25, 0.3) is 22.3 Å². The monoisotopic (exact) mass is 956 g/mol. The number of carbonyl (C=O) groups is 7. The van der Waals surface area contributed by atoms with Crippen molar-refractivity contribution in [3.63, 3.8) is 0 Å². The third-order valence-electron chi connectivity index (χ3n) is 10.3. The zero-order valence-electron chi connectivity index (χ0n) is 38.0. The molecule has 27 nitrogen and oxygen atoms in total. The molecule has 11 N–H and O–H groups in total. The molecule has 1 aromatic carbocycles. The molecule has 0 bridgehead atoms. The number of methoxy groups -OCH3 is 1. The van der Waals surface area contributed by atoms with Crippen molar-refractivity contribution in [2.24, 2.45) is 16.5 Å². The molecule has 0 unspecified atom stereocenters. The normalized spacial score (nSPS) is 11.3. The van der Waals surface area contributed by atoms with Crippen LogP contribution >= 0.6 is 0 Å². The van der Waals surface area contributed by atoms with Gasteiger partial charge in [-0.15, -0.1) is 0 Å². The molecule has 4 heterocycles. The van der Waals surface area contributed by atoms with Crippen LogP contribution in [0.4, 0.5) is 16.4 Å². The highest BCUT2D eigenvalue weighted by Crippen LogP contribution is 2.16. The van der Waals surface area contributed by atoms with Gasteiger partial charge >= 0.3 is 12.1 Å². The van der Waals surface area contributed by atoms with Gasteiger partial charge < -0.3 is 62.4 Å². The van der Waals surface area contributed by atoms with Crippen LogP contribution in [-0.4, -0.2) is 149 Å². The number of aromatic nitrogens is 8. The molecule has 0 radical (unpaired) electrons. The van der Waals surface area contributed by atoms with Crippen LogP contribution in [0, 0.1) is 0 Å². The van der Waals surface area contributed by atoms with Gasteiger partial charge in [-0.2, -0.15) is 0 Å². The second-order valence-corrected chi connectivity index (χ2v) is 15.4. The molecule has 0 saturated carbocycles. The van der Waals surface area contributed by atoms with E-state index in [1.165, 1.54) is 41.6 Å². The maximum Gasteiger partial charge on any atom is 0.407 e. The van der Waals surface area contributed by atoms with Crippen molar-refractivity contribution in [3.8, 4) is 0 Å². The van der Waals surface area contributed by atoms with E-state index in [4.69, 9.17) is 32.4 Å². The number of imide groups is 1. The molecular weight excluding hydrogens is 901 g/mol. The van der Waals surface area contributed by atoms with Crippen molar-refractivity contribution in [1.29, 1.82) is 0 Å². The van der Waals surface area contributed by atoms with Crippen molar-refractivity contribution in [1.82, 2.24) is 64.8 Å². The minimum absolute atomic E-state index is 0.0135. The third kappa shape index (κ3) is 15.8. The lowest BCUT2D eigenvalue weighted by Crippen LogP contribution is -2.51. The summed E-state index contributed by atoms with van der Waals surface area (Å²) in [7, 11) is 1.23. The molecule has 368 valence electrons. The number of hydrogen-bond donors (Lipinski definition) is 7. The largest absolute Gasteiger partial charge is 0.467 e. The van der Waals surface area contributed by atoms with Gasteiger partial charge in [0.15, 0.2) is 28.9 Å². The van der Waals surface area contributed by atoms with Gasteiger partial charge in [0.05, 0.1) is 19.8 Å². The maximum atomic E-state index is 14.2. The van der Waals surface area contributed by atoms with E-state index in [2.05, 4.69) is 50.8 Å². The van der Waals surface area contributed by atoms with E-state index in [0.717, 1.165) is 15.4 Å². The molecule has 0 aliphatic carbocycles. The SMILES string of the molecule is COC(=O)[C@H](CCCN=C(N)N)NC(=O)CCCCCCNC(=O)CN(C(=O)CN(CCNC(=O)OCc1ccccc1)C(=O)Cn1cnc2c(N)ncnc21)C(=O)Cn1cnc2c(N)ncnc21. The first-order chi connectivity index (χ1) is 33.2. The fourth-order valence-electron chi connectivity index (χ4n) is 6.78. The number of nitrogens with one attached hydrogen (secondary N) is 3. The Kier molecular flexibility index (Phi) is 19.4. The van der Waals surface area contributed by atoms with Crippen molar-refractivity contribution in [2.45, 2.75) is 70.7 Å². The minimum atomic E-state index is -0.919. The smallest absolute Gasteiger partial charge is 0.407 e. The molecular formula is C42H56N18O9. The van der Waals surface area contributed by atoms with Crippen molar-refractivity contribution < 1.29 is 43.0 Å². The zero-order valence-corrected chi connectivity index (χ0v) is 38.0. The fourth-order valence-corrected chi connectivity index (χ4v) is 6.78. The topological polar surface area (TPSA) is 384 Å². The molecule has 0 fully saturated rings. The summed E-state index contributed by atoms with van der Waals surface area (Å²) < 4.78 is 12.8. The number of unbranched alkanes of at least 4 members (excludes halogenated alkanes) is 3. The van der Waals surface area contributed by atoms with E-state index in [1.807, 2.05) is 6.07 Å². The minimum Gasteiger partial charge on any atom is -0.467 e. The number of alkyl carbamates (subject to hydrolysis) is 1. The standard InChI is InChI=1S/C42H56N18O9/c1-68-40(66)28(12-9-15-48-41(45)46)56-29(61)13-7-2-3-8-14-47-30(62)18-60(33(65)21-59-26-55-35-37(44)51-24-53-39(35)59)32(64)20-57(17-16-49-42(67)69-22-27-10-5-4-6-11-27)31(63)19-58-25-54-34-36(43)50-23-52-38(34)58/h4-6,10-11,23-26,28H,2-3,7-9,12-22H2,1H3,(H,47,62)(H,49,67)(H,56,61)(H2,43,50,52)(H2,44,51,53)(H4,45,46,48)/t28-/m0/s1. The number of anilines is 2. The molecule has 0 aliphatic rings. The summed E-state index contributed by atoms with van der Waals surface area (Å²) in [5.74, 6) is -3.90. The maximum absolute atomic E-state index is 14.2. The van der Waals surface area contributed by atoms with Crippen LogP contribution in [0.2, 0.25) is 0 Å². The Bertz CT molecular complexity index is 2600. The Morgan fingerprint density at radius 1 is 0.725 bits per heavy atom. The molecule has 27 heteroatoms. The van der Waals surface area contributed by atoms with Gasteiger partial charge in [0.1, 0.15) is 62.5 Å². The average molecular weight is 957 g/mol. The molecule has 0 saturated heterocycles. The fraction of sp³-hybridized carbons (Fsp3) is 0.429. The summed E-state index contributed by atoms with van der Waals surface area (Å²) in [6, 6.07) is 8.13. The van der Waals surface area contributed by atoms with Crippen LogP contribution in [-0.2, 0) is 57.9 Å². The van der Waals surface area contributed by atoms with Crippen LogP contribution in [0.15, 0.2) is 60.6 Å². The van der Waals surface area contributed by atoms with Gasteiger partial charge in [-0.3, -0.25) is 33.9 Å². The number of hydrogen-bond acceptors (Lipinski definition) is 18. The molecule has 5 rings (SSSR count). The predicted octanol–water partition coefficient (Wildman–Crippen LogP) is -1.28. The predicted molar refractivity (Wildman–Crippen MR) is 247 cm³/mol. The molecule has 0 spiro atoms. The number of esters is 1. The summed E-state index contributed by atoms with van der Waals surface area (Å²) in [5, 5.41) is 7.97. The number of nitrogens with two attached hydrogens (primary N) is 4. The summed E-state index contributed by atoms with van der Waals surface area (Å²) in [5.41, 5.74) is 24.2. The summed E-state index contributed by atoms with van der Waals surface area (Å²) in [6.45, 7) is -2.23. The van der Waals surface area contributed by atoms with Gasteiger partial charge in [0.2, 0.25) is 29.5 Å². The van der Waals surface area contributed by atoms with Crippen LogP contribution in [0.1, 0.15) is 50.5 Å². The van der Waals surface area contributed by atoms with Gasteiger partial charge in [0, 0.05) is 32.6 Å². The van der Waals surface area contributed by atoms with Crippen LogP contribution in [0.5, 0.6) is 0 Å². The number of aliphatic imine (C=N–C) groups is 1. The molecule has 5 aromatic rings. The van der Waals surface area contributed by atoms with Gasteiger partial charge in [0.25, 0.3) is 0 Å². The van der Waals surface area contributed by atoms with Gasteiger partial charge in [-0.05, 0) is 31.2 Å². The lowest BCUT2D eigenvalue weighted by Gasteiger charge is -2.27. The average Bonchev–Trinajstić information content (AvgIpc) is 3.95. The number of guanidine groups is 1. The lowest BCUT2D eigenvalue weighted by molar-refractivity contribution is -0.151. The summed E-state index contributed by atoms with van der Waals surface area (Å²) in [6.07, 6.45) is 7.33. The number of benzene rings is 1. The molecule has 69 heavy (non-hydrogen) atoms. The first kappa shape index (κ1) is 51.5. The Morgan fingerprint density at radius 3 is 2.00 bits per heavy atom. The molecule has 0 aliphatic heterocycles. The number of amides is 6. The van der Waals surface area contributed by atoms with Gasteiger partial charge in [-0.1, -0.05) is 43.2 Å². The van der Waals surface area contributed by atoms with Crippen molar-refractivity contribution in [3.05, 3.63) is 61.2 Å². The highest BCUT2D eigenvalue weighted by atomic mass is 16.5. The molecule has 6 amide bonds.